The Morgan fingerprint density at radius 3 is 2.60 bits per heavy atom. The normalized spacial score (nSPS) is 20.8. The Bertz CT molecular complexity index is 248. The number of hydrogen-bond acceptors (Lipinski definition) is 4. The summed E-state index contributed by atoms with van der Waals surface area (Å²) in [6, 6.07) is 0. The molecule has 2 heterocycles. The van der Waals surface area contributed by atoms with Gasteiger partial charge in [-0.3, -0.25) is 0 Å². The van der Waals surface area contributed by atoms with Crippen molar-refractivity contribution in [2.24, 2.45) is 15.0 Å². The van der Waals surface area contributed by atoms with Crippen LogP contribution in [-0.4, -0.2) is 25.4 Å². The van der Waals surface area contributed by atoms with Gasteiger partial charge in [0.05, 0.1) is 0 Å². The molecule has 4 nitrogen and oxygen atoms in total. The highest BCUT2D eigenvalue weighted by molar-refractivity contribution is 6.18. The summed E-state index contributed by atoms with van der Waals surface area (Å²) in [7, 11) is 0. The van der Waals surface area contributed by atoms with E-state index in [9.17, 15) is 0 Å². The highest BCUT2D eigenvalue weighted by atomic mass is 16.5. The summed E-state index contributed by atoms with van der Waals surface area (Å²) in [4.78, 5) is 11.8. The van der Waals surface area contributed by atoms with E-state index in [4.69, 9.17) is 4.74 Å². The van der Waals surface area contributed by atoms with Crippen LogP contribution in [0.4, 0.5) is 0 Å². The monoisotopic (exact) mass is 135 g/mol. The van der Waals surface area contributed by atoms with E-state index < -0.39 is 0 Å². The summed E-state index contributed by atoms with van der Waals surface area (Å²) < 4.78 is 4.87. The quantitative estimate of drug-likeness (QED) is 0.473. The molecule has 2 rings (SSSR count). The minimum absolute atomic E-state index is 0.490. The molecule has 0 aromatic carbocycles. The molecule has 0 aliphatic carbocycles. The molecule has 2 aliphatic rings. The standard InChI is InChI=1S/C6H5N3O/c1-2-8-6(7-1)5-3-10-4-9-5/h1-2,4H,3H2. The van der Waals surface area contributed by atoms with Crippen molar-refractivity contribution in [1.82, 2.24) is 0 Å². The van der Waals surface area contributed by atoms with Crippen LogP contribution in [0.5, 0.6) is 0 Å². The van der Waals surface area contributed by atoms with E-state index in [1.54, 1.807) is 12.4 Å². The first-order valence-corrected chi connectivity index (χ1v) is 2.91. The molecule has 0 bridgehead atoms. The van der Waals surface area contributed by atoms with E-state index in [0.717, 1.165) is 5.70 Å². The van der Waals surface area contributed by atoms with Crippen molar-refractivity contribution >= 4 is 18.8 Å². The molecule has 0 radical (unpaired) electrons. The van der Waals surface area contributed by atoms with Crippen LogP contribution in [0.15, 0.2) is 26.5 Å². The van der Waals surface area contributed by atoms with Crippen molar-refractivity contribution in [2.45, 2.75) is 0 Å². The molecule has 0 aromatic heterocycles. The Hall–Kier alpha value is -1.45. The van der Waals surface area contributed by atoms with Crippen LogP contribution in [0.1, 0.15) is 0 Å². The SMILES string of the molecule is C1=NC(=C2N=CC=N2)CO1. The highest BCUT2D eigenvalue weighted by Crippen LogP contribution is 2.14. The van der Waals surface area contributed by atoms with E-state index in [-0.39, 0.29) is 0 Å². The lowest BCUT2D eigenvalue weighted by Gasteiger charge is -1.90. The molecule has 0 atom stereocenters. The van der Waals surface area contributed by atoms with Crippen LogP contribution in [-0.2, 0) is 4.74 Å². The predicted molar refractivity (Wildman–Crippen MR) is 38.5 cm³/mol. The minimum Gasteiger partial charge on any atom is -0.477 e. The lowest BCUT2D eigenvalue weighted by molar-refractivity contribution is 0.377. The topological polar surface area (TPSA) is 46.3 Å². The molecule has 0 saturated heterocycles. The zero-order valence-electron chi connectivity index (χ0n) is 5.19. The molecule has 0 spiro atoms. The third-order valence-corrected chi connectivity index (χ3v) is 1.22. The predicted octanol–water partition coefficient (Wildman–Crippen LogP) is 0.369. The molecule has 0 unspecified atom stereocenters. The maximum Gasteiger partial charge on any atom is 0.177 e. The number of hydrogen-bond donors (Lipinski definition) is 0. The van der Waals surface area contributed by atoms with Gasteiger partial charge in [-0.2, -0.15) is 0 Å². The van der Waals surface area contributed by atoms with Gasteiger partial charge < -0.3 is 4.74 Å². The molecular weight excluding hydrogens is 130 g/mol. The van der Waals surface area contributed by atoms with Gasteiger partial charge in [-0.1, -0.05) is 0 Å². The van der Waals surface area contributed by atoms with Crippen molar-refractivity contribution < 1.29 is 4.74 Å². The van der Waals surface area contributed by atoms with Crippen molar-refractivity contribution in [3.05, 3.63) is 11.5 Å². The fraction of sp³-hybridized carbons (Fsp3) is 0.167. The molecule has 0 amide bonds. The van der Waals surface area contributed by atoms with Gasteiger partial charge in [0.25, 0.3) is 0 Å². The summed E-state index contributed by atoms with van der Waals surface area (Å²) in [5.41, 5.74) is 0.796. The summed E-state index contributed by atoms with van der Waals surface area (Å²) >= 11 is 0. The van der Waals surface area contributed by atoms with Crippen LogP contribution in [0.25, 0.3) is 0 Å². The summed E-state index contributed by atoms with van der Waals surface area (Å²) in [5, 5.41) is 0. The number of rotatable bonds is 0. The maximum absolute atomic E-state index is 4.87. The van der Waals surface area contributed by atoms with E-state index in [2.05, 4.69) is 15.0 Å². The molecule has 10 heavy (non-hydrogen) atoms. The zero-order valence-corrected chi connectivity index (χ0v) is 5.19. The van der Waals surface area contributed by atoms with Gasteiger partial charge >= 0.3 is 0 Å². The van der Waals surface area contributed by atoms with E-state index in [1.165, 1.54) is 6.40 Å². The Balaban J connectivity index is 2.36. The molecule has 50 valence electrons. The first-order valence-electron chi connectivity index (χ1n) is 2.91. The molecule has 2 aliphatic heterocycles. The van der Waals surface area contributed by atoms with Gasteiger partial charge in [0.15, 0.2) is 12.2 Å². The zero-order chi connectivity index (χ0) is 6.81. The highest BCUT2D eigenvalue weighted by Gasteiger charge is 2.09. The van der Waals surface area contributed by atoms with Gasteiger partial charge in [-0.05, 0) is 0 Å². The van der Waals surface area contributed by atoms with E-state index in [0.29, 0.717) is 12.4 Å². The van der Waals surface area contributed by atoms with Gasteiger partial charge in [-0.25, -0.2) is 15.0 Å². The molecular formula is C6H5N3O. The van der Waals surface area contributed by atoms with Crippen LogP contribution < -0.4 is 0 Å². The van der Waals surface area contributed by atoms with Gasteiger partial charge in [0.1, 0.15) is 12.3 Å². The summed E-state index contributed by atoms with van der Waals surface area (Å²) in [6.45, 7) is 0.490. The lowest BCUT2D eigenvalue weighted by atomic mass is 10.5. The second kappa shape index (κ2) is 2.06. The second-order valence-electron chi connectivity index (χ2n) is 1.87. The molecule has 0 N–H and O–H groups in total. The number of aliphatic imine (C=N–C) groups is 3. The molecule has 0 saturated carbocycles. The maximum atomic E-state index is 4.87. The average molecular weight is 135 g/mol. The smallest absolute Gasteiger partial charge is 0.177 e. The van der Waals surface area contributed by atoms with Gasteiger partial charge in [0, 0.05) is 12.4 Å². The fourth-order valence-electron chi connectivity index (χ4n) is 0.767. The molecule has 0 aromatic rings. The average Bonchev–Trinajstić information content (AvgIpc) is 2.59. The Morgan fingerprint density at radius 1 is 1.20 bits per heavy atom. The largest absolute Gasteiger partial charge is 0.477 e. The lowest BCUT2D eigenvalue weighted by Crippen LogP contribution is -1.85. The van der Waals surface area contributed by atoms with Crippen molar-refractivity contribution in [3.63, 3.8) is 0 Å². The van der Waals surface area contributed by atoms with Crippen molar-refractivity contribution in [1.29, 1.82) is 0 Å². The molecule has 0 fully saturated rings. The summed E-state index contributed by atoms with van der Waals surface area (Å²) in [6.07, 6.45) is 4.68. The van der Waals surface area contributed by atoms with Crippen molar-refractivity contribution in [2.75, 3.05) is 6.61 Å². The first-order chi connectivity index (χ1) is 4.97. The molecule has 4 heteroatoms. The third kappa shape index (κ3) is 0.737. The third-order valence-electron chi connectivity index (χ3n) is 1.22. The first kappa shape index (κ1) is 5.34. The Kier molecular flexibility index (Phi) is 1.10. The number of ether oxygens (including phenoxy) is 1. The van der Waals surface area contributed by atoms with Crippen LogP contribution >= 0.6 is 0 Å². The van der Waals surface area contributed by atoms with E-state index in [1.807, 2.05) is 0 Å². The van der Waals surface area contributed by atoms with Crippen molar-refractivity contribution in [3.8, 4) is 0 Å². The van der Waals surface area contributed by atoms with Crippen LogP contribution in [0.3, 0.4) is 0 Å². The van der Waals surface area contributed by atoms with Gasteiger partial charge in [0.2, 0.25) is 0 Å². The second-order valence-corrected chi connectivity index (χ2v) is 1.87. The van der Waals surface area contributed by atoms with Crippen LogP contribution in [0.2, 0.25) is 0 Å². The van der Waals surface area contributed by atoms with Crippen LogP contribution in [0, 0.1) is 0 Å². The number of nitrogens with zero attached hydrogens (tertiary/aromatic N) is 3. The minimum atomic E-state index is 0.490. The fourth-order valence-corrected chi connectivity index (χ4v) is 0.767. The summed E-state index contributed by atoms with van der Waals surface area (Å²) in [5.74, 6) is 0.661. The van der Waals surface area contributed by atoms with Gasteiger partial charge in [-0.15, -0.1) is 0 Å². The Labute approximate surface area is 57.7 Å². The Morgan fingerprint density at radius 2 is 2.00 bits per heavy atom. The van der Waals surface area contributed by atoms with E-state index >= 15 is 0 Å².